The molecule has 1 aromatic carbocycles. The molecule has 0 spiro atoms. The molecule has 0 radical (unpaired) electrons. The molecule has 0 aliphatic rings. The molecule has 3 nitrogen and oxygen atoms in total. The van der Waals surface area contributed by atoms with E-state index in [-0.39, 0.29) is 17.2 Å². The Morgan fingerprint density at radius 1 is 1.29 bits per heavy atom. The number of hydrogen-bond acceptors (Lipinski definition) is 3. The summed E-state index contributed by atoms with van der Waals surface area (Å²) in [6, 6.07) is 8.90. The molecule has 0 saturated heterocycles. The average Bonchev–Trinajstić information content (AvgIpc) is 2.40. The molecule has 0 bridgehead atoms. The number of halogens is 4. The number of aromatic nitrogens is 1. The Kier molecular flexibility index (Phi) is 4.34. The van der Waals surface area contributed by atoms with Crippen LogP contribution in [0.1, 0.15) is 5.56 Å². The molecule has 0 fully saturated rings. The van der Waals surface area contributed by atoms with E-state index in [9.17, 15) is 13.2 Å². The van der Waals surface area contributed by atoms with E-state index in [0.29, 0.717) is 16.8 Å². The number of nitrogens with zero attached hydrogens (tertiary/aromatic N) is 2. The normalized spacial score (nSPS) is 11.0. The van der Waals surface area contributed by atoms with Gasteiger partial charge in [0.05, 0.1) is 23.2 Å². The maximum absolute atomic E-state index is 12.2. The number of rotatable bonds is 3. The summed E-state index contributed by atoms with van der Waals surface area (Å²) in [5, 5.41) is 8.94. The predicted molar refractivity (Wildman–Crippen MR) is 70.7 cm³/mol. The van der Waals surface area contributed by atoms with Gasteiger partial charge in [-0.2, -0.15) is 5.26 Å². The summed E-state index contributed by atoms with van der Waals surface area (Å²) in [6.07, 6.45) is -3.23. The summed E-state index contributed by atoms with van der Waals surface area (Å²) in [7, 11) is 0. The van der Waals surface area contributed by atoms with Crippen molar-refractivity contribution in [2.45, 2.75) is 12.8 Å². The van der Waals surface area contributed by atoms with Crippen molar-refractivity contribution in [3.8, 4) is 23.1 Å². The topological polar surface area (TPSA) is 45.9 Å². The van der Waals surface area contributed by atoms with Crippen LogP contribution in [0.2, 0.25) is 5.02 Å². The zero-order chi connectivity index (χ0) is 15.5. The van der Waals surface area contributed by atoms with E-state index in [1.807, 2.05) is 6.07 Å². The van der Waals surface area contributed by atoms with Crippen LogP contribution in [0, 0.1) is 11.3 Å². The summed E-state index contributed by atoms with van der Waals surface area (Å²) in [4.78, 5) is 4.05. The van der Waals surface area contributed by atoms with E-state index in [0.717, 1.165) is 0 Å². The minimum Gasteiger partial charge on any atom is -0.406 e. The first-order chi connectivity index (χ1) is 9.90. The van der Waals surface area contributed by atoms with Crippen LogP contribution in [0.15, 0.2) is 36.5 Å². The summed E-state index contributed by atoms with van der Waals surface area (Å²) in [5.41, 5.74) is 1.24. The van der Waals surface area contributed by atoms with Crippen LogP contribution >= 0.6 is 11.6 Å². The third-order valence-corrected chi connectivity index (χ3v) is 3.00. The zero-order valence-electron chi connectivity index (χ0n) is 10.5. The quantitative estimate of drug-likeness (QED) is 0.845. The van der Waals surface area contributed by atoms with Gasteiger partial charge in [0.15, 0.2) is 0 Å². The third-order valence-electron chi connectivity index (χ3n) is 2.58. The van der Waals surface area contributed by atoms with Crippen molar-refractivity contribution in [1.82, 2.24) is 4.98 Å². The maximum atomic E-state index is 12.2. The summed E-state index contributed by atoms with van der Waals surface area (Å²) in [5.74, 6) is -0.358. The van der Waals surface area contributed by atoms with E-state index >= 15 is 0 Å². The Bertz CT molecular complexity index is 695. The predicted octanol–water partition coefficient (Wildman–Crippen LogP) is 4.37. The number of nitriles is 1. The number of pyridine rings is 1. The van der Waals surface area contributed by atoms with Crippen LogP contribution in [0.3, 0.4) is 0 Å². The van der Waals surface area contributed by atoms with Gasteiger partial charge in [-0.25, -0.2) is 0 Å². The first-order valence-corrected chi connectivity index (χ1v) is 6.15. The van der Waals surface area contributed by atoms with Crippen LogP contribution in [0.5, 0.6) is 5.75 Å². The van der Waals surface area contributed by atoms with Gasteiger partial charge < -0.3 is 4.74 Å². The van der Waals surface area contributed by atoms with Crippen molar-refractivity contribution >= 4 is 11.6 Å². The Balaban J connectivity index is 2.41. The molecule has 0 atom stereocenters. The Labute approximate surface area is 123 Å². The van der Waals surface area contributed by atoms with E-state index in [2.05, 4.69) is 9.72 Å². The van der Waals surface area contributed by atoms with Crippen molar-refractivity contribution < 1.29 is 17.9 Å². The van der Waals surface area contributed by atoms with Gasteiger partial charge in [0.2, 0.25) is 0 Å². The van der Waals surface area contributed by atoms with Gasteiger partial charge in [-0.05, 0) is 23.8 Å². The lowest BCUT2D eigenvalue weighted by Gasteiger charge is -2.11. The van der Waals surface area contributed by atoms with Crippen LogP contribution < -0.4 is 4.74 Å². The van der Waals surface area contributed by atoms with Crippen molar-refractivity contribution in [3.05, 3.63) is 47.1 Å². The lowest BCUT2D eigenvalue weighted by atomic mass is 10.1. The van der Waals surface area contributed by atoms with E-state index < -0.39 is 6.36 Å². The molecule has 21 heavy (non-hydrogen) atoms. The second kappa shape index (κ2) is 6.02. The smallest absolute Gasteiger partial charge is 0.406 e. The van der Waals surface area contributed by atoms with Crippen molar-refractivity contribution in [2.24, 2.45) is 0 Å². The van der Waals surface area contributed by atoms with Gasteiger partial charge in [0, 0.05) is 11.8 Å². The number of hydrogen-bond donors (Lipinski definition) is 0. The minimum absolute atomic E-state index is 0.0904. The van der Waals surface area contributed by atoms with Crippen LogP contribution in [-0.2, 0) is 6.42 Å². The molecule has 2 rings (SSSR count). The molecule has 1 aromatic heterocycles. The fourth-order valence-electron chi connectivity index (χ4n) is 1.75. The number of ether oxygens (including phenoxy) is 1. The summed E-state index contributed by atoms with van der Waals surface area (Å²) in [6.45, 7) is 0. The number of benzene rings is 1. The zero-order valence-corrected chi connectivity index (χ0v) is 11.2. The summed E-state index contributed by atoms with van der Waals surface area (Å²) >= 11 is 6.13. The maximum Gasteiger partial charge on any atom is 0.573 e. The molecular weight excluding hydrogens is 305 g/mol. The monoisotopic (exact) mass is 312 g/mol. The second-order valence-electron chi connectivity index (χ2n) is 4.04. The van der Waals surface area contributed by atoms with E-state index in [4.69, 9.17) is 16.9 Å². The molecule has 2 aromatic rings. The highest BCUT2D eigenvalue weighted by Crippen LogP contribution is 2.32. The van der Waals surface area contributed by atoms with Crippen molar-refractivity contribution in [1.29, 1.82) is 5.26 Å². The Morgan fingerprint density at radius 2 is 2.05 bits per heavy atom. The largest absolute Gasteiger partial charge is 0.573 e. The van der Waals surface area contributed by atoms with Gasteiger partial charge >= 0.3 is 6.36 Å². The van der Waals surface area contributed by atoms with Gasteiger partial charge in [0.1, 0.15) is 5.75 Å². The molecule has 0 saturated carbocycles. The Morgan fingerprint density at radius 3 is 2.71 bits per heavy atom. The lowest BCUT2D eigenvalue weighted by molar-refractivity contribution is -0.274. The van der Waals surface area contributed by atoms with Gasteiger partial charge in [0.25, 0.3) is 0 Å². The molecular formula is C14H8ClF3N2O. The molecule has 108 valence electrons. The van der Waals surface area contributed by atoms with Crippen LogP contribution in [-0.4, -0.2) is 11.3 Å². The molecule has 0 N–H and O–H groups in total. The lowest BCUT2D eigenvalue weighted by Crippen LogP contribution is -2.17. The second-order valence-corrected chi connectivity index (χ2v) is 4.42. The fourth-order valence-corrected chi connectivity index (χ4v) is 2.03. The Hall–Kier alpha value is -2.26. The average molecular weight is 313 g/mol. The SMILES string of the molecule is N#CCc1ccnc(-c2cccc(OC(F)(F)F)c2)c1Cl. The standard InChI is InChI=1S/C14H8ClF3N2O/c15-12-9(4-6-19)5-7-20-13(12)10-2-1-3-11(8-10)21-14(16,17)18/h1-3,5,7-8H,4H2. The summed E-state index contributed by atoms with van der Waals surface area (Å²) < 4.78 is 40.5. The van der Waals surface area contributed by atoms with Crippen LogP contribution in [0.25, 0.3) is 11.3 Å². The van der Waals surface area contributed by atoms with Gasteiger partial charge in [-0.15, -0.1) is 13.2 Å². The number of alkyl halides is 3. The molecule has 0 amide bonds. The molecule has 0 aliphatic carbocycles. The fraction of sp³-hybridized carbons (Fsp3) is 0.143. The van der Waals surface area contributed by atoms with Gasteiger partial charge in [-0.3, -0.25) is 4.98 Å². The van der Waals surface area contributed by atoms with Crippen molar-refractivity contribution in [2.75, 3.05) is 0 Å². The first kappa shape index (κ1) is 15.1. The van der Waals surface area contributed by atoms with Crippen molar-refractivity contribution in [3.63, 3.8) is 0 Å². The molecule has 1 heterocycles. The highest BCUT2D eigenvalue weighted by Gasteiger charge is 2.31. The molecule has 0 aliphatic heterocycles. The minimum atomic E-state index is -4.77. The van der Waals surface area contributed by atoms with Crippen LogP contribution in [0.4, 0.5) is 13.2 Å². The third kappa shape index (κ3) is 3.86. The molecule has 0 unspecified atom stereocenters. The van der Waals surface area contributed by atoms with E-state index in [1.165, 1.54) is 24.4 Å². The van der Waals surface area contributed by atoms with E-state index in [1.54, 1.807) is 12.1 Å². The van der Waals surface area contributed by atoms with Gasteiger partial charge in [-0.1, -0.05) is 23.7 Å². The molecule has 7 heteroatoms. The highest BCUT2D eigenvalue weighted by molar-refractivity contribution is 6.33. The highest BCUT2D eigenvalue weighted by atomic mass is 35.5. The first-order valence-electron chi connectivity index (χ1n) is 5.77.